The van der Waals surface area contributed by atoms with E-state index in [0.29, 0.717) is 35.5 Å². The van der Waals surface area contributed by atoms with Gasteiger partial charge in [-0.15, -0.1) is 11.3 Å². The van der Waals surface area contributed by atoms with Gasteiger partial charge in [-0.1, -0.05) is 24.8 Å². The minimum Gasteiger partial charge on any atom is -0.457 e. The lowest BCUT2D eigenvalue weighted by Crippen LogP contribution is -2.39. The number of ether oxygens (including phenoxy) is 1. The van der Waals surface area contributed by atoms with Crippen molar-refractivity contribution in [2.75, 3.05) is 23.3 Å². The highest BCUT2D eigenvalue weighted by molar-refractivity contribution is 7.21. The average molecular weight is 594 g/mol. The average Bonchev–Trinajstić information content (AvgIpc) is 3.59. The summed E-state index contributed by atoms with van der Waals surface area (Å²) in [5.74, 6) is -0.409. The molecule has 0 bridgehead atoms. The summed E-state index contributed by atoms with van der Waals surface area (Å²) in [6.45, 7) is 4.25. The fourth-order valence-electron chi connectivity index (χ4n) is 5.07. The Morgan fingerprint density at radius 2 is 1.90 bits per heavy atom. The topological polar surface area (TPSA) is 104 Å². The van der Waals surface area contributed by atoms with Gasteiger partial charge >= 0.3 is 12.2 Å². The smallest absolute Gasteiger partial charge is 0.418 e. The van der Waals surface area contributed by atoms with Crippen molar-refractivity contribution in [2.24, 2.45) is 0 Å². The van der Waals surface area contributed by atoms with Gasteiger partial charge < -0.3 is 20.3 Å². The molecule has 1 atom stereocenters. The van der Waals surface area contributed by atoms with Gasteiger partial charge in [-0.3, -0.25) is 14.5 Å². The van der Waals surface area contributed by atoms with Crippen LogP contribution in [-0.2, 0) is 11.0 Å². The van der Waals surface area contributed by atoms with Gasteiger partial charge in [-0.05, 0) is 48.9 Å². The van der Waals surface area contributed by atoms with Gasteiger partial charge in [-0.25, -0.2) is 9.78 Å². The number of nitrogens with zero attached hydrogens (tertiary/aromatic N) is 3. The first-order valence-electron chi connectivity index (χ1n) is 12.8. The lowest BCUT2D eigenvalue weighted by atomic mass is 10.1. The molecule has 0 spiro atoms. The quantitative estimate of drug-likeness (QED) is 0.255. The van der Waals surface area contributed by atoms with Crippen LogP contribution in [0.25, 0.3) is 10.2 Å². The second-order valence-corrected chi connectivity index (χ2v) is 10.6. The lowest BCUT2D eigenvalue weighted by Gasteiger charge is -2.30. The van der Waals surface area contributed by atoms with Crippen molar-refractivity contribution in [1.82, 2.24) is 15.2 Å². The maximum atomic E-state index is 14.3. The van der Waals surface area contributed by atoms with Crippen LogP contribution >= 0.6 is 11.3 Å². The third-order valence-corrected chi connectivity index (χ3v) is 8.05. The number of halogens is 3. The summed E-state index contributed by atoms with van der Waals surface area (Å²) in [5, 5.41) is 5.85. The van der Waals surface area contributed by atoms with Gasteiger partial charge in [-0.2, -0.15) is 13.2 Å². The fraction of sp³-hybridized carbons (Fsp3) is 0.172. The zero-order valence-corrected chi connectivity index (χ0v) is 22.6. The molecule has 2 aromatic heterocycles. The molecule has 0 saturated carbocycles. The van der Waals surface area contributed by atoms with Gasteiger partial charge in [0.1, 0.15) is 21.2 Å². The second-order valence-electron chi connectivity index (χ2n) is 9.62. The highest BCUT2D eigenvalue weighted by atomic mass is 32.1. The highest BCUT2D eigenvalue weighted by Crippen LogP contribution is 2.48. The van der Waals surface area contributed by atoms with Crippen molar-refractivity contribution in [3.63, 3.8) is 0 Å². The summed E-state index contributed by atoms with van der Waals surface area (Å²) in [7, 11) is 0. The molecule has 4 amide bonds. The van der Waals surface area contributed by atoms with Crippen molar-refractivity contribution in [3.05, 3.63) is 83.9 Å². The molecule has 1 fully saturated rings. The Labute approximate surface area is 241 Å². The Morgan fingerprint density at radius 1 is 1.12 bits per heavy atom. The predicted octanol–water partition coefficient (Wildman–Crippen LogP) is 6.31. The molecule has 2 aromatic carbocycles. The Bertz CT molecular complexity index is 1740. The zero-order valence-electron chi connectivity index (χ0n) is 21.8. The Balaban J connectivity index is 1.35. The first kappa shape index (κ1) is 27.3. The first-order valence-corrected chi connectivity index (χ1v) is 13.6. The molecule has 4 aromatic rings. The number of carbonyl (C=O) groups excluding carboxylic acids is 3. The van der Waals surface area contributed by atoms with Gasteiger partial charge in [0.25, 0.3) is 5.91 Å². The van der Waals surface area contributed by atoms with Crippen LogP contribution in [0.15, 0.2) is 73.4 Å². The molecule has 2 aliphatic rings. The number of alkyl halides is 3. The van der Waals surface area contributed by atoms with Crippen molar-refractivity contribution < 1.29 is 32.3 Å². The van der Waals surface area contributed by atoms with Crippen LogP contribution in [0.2, 0.25) is 0 Å². The highest BCUT2D eigenvalue weighted by Gasteiger charge is 2.40. The number of rotatable bonds is 6. The van der Waals surface area contributed by atoms with Crippen molar-refractivity contribution >= 4 is 56.5 Å². The van der Waals surface area contributed by atoms with Gasteiger partial charge in [0.15, 0.2) is 0 Å². The van der Waals surface area contributed by atoms with E-state index < -0.39 is 29.4 Å². The Hall–Kier alpha value is -4.91. The fourth-order valence-corrected chi connectivity index (χ4v) is 6.09. The lowest BCUT2D eigenvalue weighted by molar-refractivity contribution is -0.137. The van der Waals surface area contributed by atoms with Crippen LogP contribution in [0.3, 0.4) is 0 Å². The second kappa shape index (κ2) is 10.5. The van der Waals surface area contributed by atoms with Crippen LogP contribution in [0.1, 0.15) is 21.7 Å². The number of urea groups is 1. The normalized spacial score (nSPS) is 16.4. The van der Waals surface area contributed by atoms with E-state index in [1.54, 1.807) is 35.2 Å². The van der Waals surface area contributed by atoms with Crippen molar-refractivity contribution in [1.29, 1.82) is 0 Å². The number of benzene rings is 2. The molecule has 2 aliphatic heterocycles. The van der Waals surface area contributed by atoms with E-state index >= 15 is 0 Å². The molecular weight excluding hydrogens is 571 g/mol. The number of para-hydroxylation sites is 1. The summed E-state index contributed by atoms with van der Waals surface area (Å²) in [4.78, 5) is 46.0. The van der Waals surface area contributed by atoms with Crippen LogP contribution in [-0.4, -0.2) is 46.9 Å². The maximum Gasteiger partial charge on any atom is 0.418 e. The SMILES string of the molecule is C=CC(=O)N1CCC(NC(=O)c2sc3nccc4c3c2NC(=O)N4c2ccc(Oc3ccccc3)cc2C(F)(F)F)C1. The van der Waals surface area contributed by atoms with E-state index in [2.05, 4.69) is 22.2 Å². The molecule has 9 nitrogen and oxygen atoms in total. The van der Waals surface area contributed by atoms with Gasteiger partial charge in [0.05, 0.1) is 28.0 Å². The number of nitrogens with one attached hydrogen (secondary N) is 2. The molecule has 1 unspecified atom stereocenters. The number of pyridine rings is 1. The Kier molecular flexibility index (Phi) is 6.81. The number of hydrogen-bond acceptors (Lipinski definition) is 6. The number of thiophene rings is 1. The Morgan fingerprint density at radius 3 is 2.64 bits per heavy atom. The molecule has 4 heterocycles. The first-order chi connectivity index (χ1) is 20.1. The number of likely N-dealkylation sites (tertiary alicyclic amines) is 1. The van der Waals surface area contributed by atoms with Crippen molar-refractivity contribution in [3.8, 4) is 11.5 Å². The number of anilines is 3. The molecule has 6 rings (SSSR count). The number of hydrogen-bond donors (Lipinski definition) is 2. The summed E-state index contributed by atoms with van der Waals surface area (Å²) < 4.78 is 48.6. The molecule has 13 heteroatoms. The number of carbonyl (C=O) groups is 3. The predicted molar refractivity (Wildman–Crippen MR) is 151 cm³/mol. The summed E-state index contributed by atoms with van der Waals surface area (Å²) >= 11 is 1.01. The molecule has 1 saturated heterocycles. The third-order valence-electron chi connectivity index (χ3n) is 6.96. The van der Waals surface area contributed by atoms with E-state index in [4.69, 9.17) is 4.74 Å². The number of amides is 4. The number of aromatic nitrogens is 1. The van der Waals surface area contributed by atoms with E-state index in [1.807, 2.05) is 0 Å². The van der Waals surface area contributed by atoms with Crippen LogP contribution < -0.4 is 20.3 Å². The van der Waals surface area contributed by atoms with Gasteiger partial charge in [0, 0.05) is 25.3 Å². The van der Waals surface area contributed by atoms with Gasteiger partial charge in [0.2, 0.25) is 5.91 Å². The summed E-state index contributed by atoms with van der Waals surface area (Å²) in [5.41, 5.74) is -1.16. The van der Waals surface area contributed by atoms with E-state index in [-0.39, 0.29) is 34.0 Å². The van der Waals surface area contributed by atoms with E-state index in [1.165, 1.54) is 30.5 Å². The molecule has 42 heavy (non-hydrogen) atoms. The third kappa shape index (κ3) is 4.91. The monoisotopic (exact) mass is 593 g/mol. The van der Waals surface area contributed by atoms with E-state index in [9.17, 15) is 27.6 Å². The van der Waals surface area contributed by atoms with E-state index in [0.717, 1.165) is 22.3 Å². The van der Waals surface area contributed by atoms with Crippen LogP contribution in [0.5, 0.6) is 11.5 Å². The minimum atomic E-state index is -4.82. The maximum absolute atomic E-state index is 14.3. The standard InChI is InChI=1S/C29H22F3N5O4S/c1-2-22(38)36-13-11-16(15-36)34-26(39)25-24-23-21(10-12-33-27(23)42-25)37(28(40)35-24)20-9-8-18(14-19(20)29(30,31)32)41-17-6-4-3-5-7-17/h2-10,12,14,16H,1,11,13,15H2,(H,34,39)(H,35,40). The molecule has 0 radical (unpaired) electrons. The molecule has 2 N–H and O–H groups in total. The largest absolute Gasteiger partial charge is 0.457 e. The minimum absolute atomic E-state index is 0.0509. The molecule has 214 valence electrons. The van der Waals surface area contributed by atoms with Crippen LogP contribution in [0, 0.1) is 0 Å². The van der Waals surface area contributed by atoms with Crippen molar-refractivity contribution in [2.45, 2.75) is 18.6 Å². The molecule has 0 aliphatic carbocycles. The zero-order chi connectivity index (χ0) is 29.6. The molecular formula is C29H22F3N5O4S. The van der Waals surface area contributed by atoms with Crippen LogP contribution in [0.4, 0.5) is 35.0 Å². The summed E-state index contributed by atoms with van der Waals surface area (Å²) in [6.07, 6.45) is -1.69. The summed E-state index contributed by atoms with van der Waals surface area (Å²) in [6, 6.07) is 12.0.